The van der Waals surface area contributed by atoms with Crippen LogP contribution in [0.1, 0.15) is 40.0 Å². The topological polar surface area (TPSA) is 3.24 Å². The monoisotopic (exact) mass is 169 g/mol. The lowest BCUT2D eigenvalue weighted by molar-refractivity contribution is 0.201. The maximum atomic E-state index is 2.59. The van der Waals surface area contributed by atoms with Crippen molar-refractivity contribution in [2.45, 2.75) is 40.0 Å². The van der Waals surface area contributed by atoms with Crippen molar-refractivity contribution >= 4 is 0 Å². The summed E-state index contributed by atoms with van der Waals surface area (Å²) in [6, 6.07) is 0. The van der Waals surface area contributed by atoms with Gasteiger partial charge in [-0.25, -0.2) is 0 Å². The van der Waals surface area contributed by atoms with Gasteiger partial charge in [-0.2, -0.15) is 0 Å². The van der Waals surface area contributed by atoms with E-state index in [0.717, 1.165) is 11.8 Å². The second-order valence-corrected chi connectivity index (χ2v) is 4.32. The molecule has 0 aromatic rings. The third kappa shape index (κ3) is 2.78. The van der Waals surface area contributed by atoms with Crippen molar-refractivity contribution < 1.29 is 0 Å². The van der Waals surface area contributed by atoms with E-state index in [1.807, 2.05) is 0 Å². The van der Waals surface area contributed by atoms with Crippen LogP contribution in [0.15, 0.2) is 0 Å². The van der Waals surface area contributed by atoms with E-state index in [4.69, 9.17) is 0 Å². The summed E-state index contributed by atoms with van der Waals surface area (Å²) in [5, 5.41) is 0. The average Bonchev–Trinajstić information content (AvgIpc) is 2.07. The Morgan fingerprint density at radius 1 is 1.08 bits per heavy atom. The maximum Gasteiger partial charge on any atom is -0.00162 e. The zero-order valence-electron chi connectivity index (χ0n) is 8.84. The van der Waals surface area contributed by atoms with Crippen molar-refractivity contribution in [1.29, 1.82) is 0 Å². The lowest BCUT2D eigenvalue weighted by Gasteiger charge is -2.29. The molecule has 0 spiro atoms. The van der Waals surface area contributed by atoms with Gasteiger partial charge in [0.15, 0.2) is 0 Å². The Bertz CT molecular complexity index is 120. The lowest BCUT2D eigenvalue weighted by atomic mass is 9.87. The van der Waals surface area contributed by atoms with Gasteiger partial charge in [0.05, 0.1) is 0 Å². The van der Waals surface area contributed by atoms with E-state index in [9.17, 15) is 0 Å². The summed E-state index contributed by atoms with van der Waals surface area (Å²) in [4.78, 5) is 2.59. The molecular weight excluding hydrogens is 146 g/mol. The summed E-state index contributed by atoms with van der Waals surface area (Å²) in [7, 11) is 0. The van der Waals surface area contributed by atoms with E-state index in [0.29, 0.717) is 0 Å². The predicted molar refractivity (Wildman–Crippen MR) is 54.3 cm³/mol. The Morgan fingerprint density at radius 3 is 2.42 bits per heavy atom. The fraction of sp³-hybridized carbons (Fsp3) is 1.00. The predicted octanol–water partition coefficient (Wildman–Crippen LogP) is 2.76. The summed E-state index contributed by atoms with van der Waals surface area (Å²) in [5.41, 5.74) is 0. The zero-order valence-corrected chi connectivity index (χ0v) is 8.84. The lowest BCUT2D eigenvalue weighted by Crippen LogP contribution is -2.30. The van der Waals surface area contributed by atoms with Crippen molar-refractivity contribution in [1.82, 2.24) is 4.90 Å². The molecule has 1 heteroatoms. The largest absolute Gasteiger partial charge is 0.304 e. The molecule has 0 bridgehead atoms. The van der Waals surface area contributed by atoms with Crippen molar-refractivity contribution in [3.8, 4) is 0 Å². The summed E-state index contributed by atoms with van der Waals surface area (Å²) >= 11 is 0. The van der Waals surface area contributed by atoms with Gasteiger partial charge in [-0.15, -0.1) is 0 Å². The summed E-state index contributed by atoms with van der Waals surface area (Å²) in [6.07, 6.45) is 4.23. The SMILES string of the molecule is CCN1CCCC(C)C(C)CC1. The summed E-state index contributed by atoms with van der Waals surface area (Å²) in [5.74, 6) is 1.88. The van der Waals surface area contributed by atoms with Crippen LogP contribution in [-0.4, -0.2) is 24.5 Å². The average molecular weight is 169 g/mol. The molecule has 1 aliphatic heterocycles. The van der Waals surface area contributed by atoms with Crippen molar-refractivity contribution in [2.75, 3.05) is 19.6 Å². The summed E-state index contributed by atoms with van der Waals surface area (Å²) < 4.78 is 0. The number of likely N-dealkylation sites (tertiary alicyclic amines) is 1. The highest BCUT2D eigenvalue weighted by Gasteiger charge is 2.16. The molecule has 72 valence electrons. The highest BCUT2D eigenvalue weighted by Crippen LogP contribution is 2.22. The first-order valence-electron chi connectivity index (χ1n) is 5.46. The van der Waals surface area contributed by atoms with Crippen LogP contribution in [0.5, 0.6) is 0 Å². The van der Waals surface area contributed by atoms with Gasteiger partial charge < -0.3 is 4.90 Å². The second kappa shape index (κ2) is 4.86. The molecular formula is C11H23N. The van der Waals surface area contributed by atoms with Gasteiger partial charge in [-0.05, 0) is 50.7 Å². The van der Waals surface area contributed by atoms with E-state index in [1.165, 1.54) is 38.9 Å². The molecule has 0 aliphatic carbocycles. The van der Waals surface area contributed by atoms with Crippen LogP contribution in [0.3, 0.4) is 0 Å². The van der Waals surface area contributed by atoms with E-state index < -0.39 is 0 Å². The number of nitrogens with zero attached hydrogens (tertiary/aromatic N) is 1. The minimum atomic E-state index is 0.930. The first-order valence-corrected chi connectivity index (χ1v) is 5.46. The molecule has 2 unspecified atom stereocenters. The minimum absolute atomic E-state index is 0.930. The molecule has 0 amide bonds. The molecule has 0 N–H and O–H groups in total. The van der Waals surface area contributed by atoms with Crippen LogP contribution >= 0.6 is 0 Å². The Morgan fingerprint density at radius 2 is 1.75 bits per heavy atom. The van der Waals surface area contributed by atoms with Crippen LogP contribution in [0, 0.1) is 11.8 Å². The molecule has 1 fully saturated rings. The fourth-order valence-corrected chi connectivity index (χ4v) is 2.02. The molecule has 1 nitrogen and oxygen atoms in total. The third-order valence-corrected chi connectivity index (χ3v) is 3.45. The fourth-order valence-electron chi connectivity index (χ4n) is 2.02. The third-order valence-electron chi connectivity index (χ3n) is 3.45. The Balaban J connectivity index is 2.35. The first-order chi connectivity index (χ1) is 5.74. The molecule has 0 aromatic carbocycles. The molecule has 0 radical (unpaired) electrons. The minimum Gasteiger partial charge on any atom is -0.304 e. The van der Waals surface area contributed by atoms with E-state index in [-0.39, 0.29) is 0 Å². The van der Waals surface area contributed by atoms with Gasteiger partial charge in [-0.1, -0.05) is 20.8 Å². The smallest absolute Gasteiger partial charge is 0.00162 e. The molecule has 1 rings (SSSR count). The number of hydrogen-bond donors (Lipinski definition) is 0. The molecule has 1 heterocycles. The van der Waals surface area contributed by atoms with Gasteiger partial charge in [0.2, 0.25) is 0 Å². The molecule has 0 aromatic heterocycles. The highest BCUT2D eigenvalue weighted by atomic mass is 15.1. The standard InChI is InChI=1S/C11H23N/c1-4-12-8-5-6-10(2)11(3)7-9-12/h10-11H,4-9H2,1-3H3. The molecule has 0 saturated carbocycles. The van der Waals surface area contributed by atoms with E-state index in [2.05, 4.69) is 25.7 Å². The number of hydrogen-bond acceptors (Lipinski definition) is 1. The Hall–Kier alpha value is -0.0400. The van der Waals surface area contributed by atoms with Gasteiger partial charge in [0, 0.05) is 0 Å². The second-order valence-electron chi connectivity index (χ2n) is 4.32. The summed E-state index contributed by atoms with van der Waals surface area (Å²) in [6.45, 7) is 11.0. The normalized spacial score (nSPS) is 34.2. The van der Waals surface area contributed by atoms with Gasteiger partial charge >= 0.3 is 0 Å². The Labute approximate surface area is 77.1 Å². The molecule has 1 aliphatic rings. The molecule has 12 heavy (non-hydrogen) atoms. The van der Waals surface area contributed by atoms with Crippen LogP contribution in [0.25, 0.3) is 0 Å². The van der Waals surface area contributed by atoms with Gasteiger partial charge in [-0.3, -0.25) is 0 Å². The molecule has 1 saturated heterocycles. The Kier molecular flexibility index (Phi) is 4.07. The van der Waals surface area contributed by atoms with E-state index >= 15 is 0 Å². The van der Waals surface area contributed by atoms with Gasteiger partial charge in [0.25, 0.3) is 0 Å². The zero-order chi connectivity index (χ0) is 8.97. The van der Waals surface area contributed by atoms with Crippen LogP contribution in [0.2, 0.25) is 0 Å². The molecule has 2 atom stereocenters. The van der Waals surface area contributed by atoms with Gasteiger partial charge in [0.1, 0.15) is 0 Å². The van der Waals surface area contributed by atoms with Crippen LogP contribution in [-0.2, 0) is 0 Å². The van der Waals surface area contributed by atoms with Crippen LogP contribution in [0.4, 0.5) is 0 Å². The van der Waals surface area contributed by atoms with Crippen LogP contribution < -0.4 is 0 Å². The van der Waals surface area contributed by atoms with E-state index in [1.54, 1.807) is 0 Å². The first kappa shape index (κ1) is 10.0. The number of rotatable bonds is 1. The highest BCUT2D eigenvalue weighted by molar-refractivity contribution is 4.69. The quantitative estimate of drug-likeness (QED) is 0.583. The van der Waals surface area contributed by atoms with Crippen molar-refractivity contribution in [3.63, 3.8) is 0 Å². The van der Waals surface area contributed by atoms with Crippen molar-refractivity contribution in [3.05, 3.63) is 0 Å². The maximum absolute atomic E-state index is 2.59. The van der Waals surface area contributed by atoms with Crippen molar-refractivity contribution in [2.24, 2.45) is 11.8 Å².